The molecule has 1 amide bonds. The maximum atomic E-state index is 12.0. The van der Waals surface area contributed by atoms with Gasteiger partial charge in [-0.2, -0.15) is 11.8 Å². The van der Waals surface area contributed by atoms with Crippen molar-refractivity contribution in [2.45, 2.75) is 31.9 Å². The highest BCUT2D eigenvalue weighted by molar-refractivity contribution is 14.0. The van der Waals surface area contributed by atoms with Crippen LogP contribution in [0.5, 0.6) is 5.75 Å². The van der Waals surface area contributed by atoms with E-state index in [0.29, 0.717) is 18.7 Å². The summed E-state index contributed by atoms with van der Waals surface area (Å²) < 4.78 is 0.240. The molecule has 0 radical (unpaired) electrons. The summed E-state index contributed by atoms with van der Waals surface area (Å²) in [5, 5.41) is 15.7. The molecule has 0 spiro atoms. The van der Waals surface area contributed by atoms with Gasteiger partial charge in [-0.1, -0.05) is 6.07 Å². The van der Waals surface area contributed by atoms with Crippen LogP contribution in [0.1, 0.15) is 37.6 Å². The first-order valence-corrected chi connectivity index (χ1v) is 10.1. The predicted octanol–water partition coefficient (Wildman–Crippen LogP) is 2.92. The van der Waals surface area contributed by atoms with Crippen LogP contribution < -0.4 is 10.6 Å². The molecule has 0 aliphatic carbocycles. The highest BCUT2D eigenvalue weighted by Gasteiger charge is 2.28. The van der Waals surface area contributed by atoms with E-state index in [-0.39, 0.29) is 40.4 Å². The molecule has 0 atom stereocenters. The Hall–Kier alpha value is -1.16. The van der Waals surface area contributed by atoms with Crippen molar-refractivity contribution in [3.63, 3.8) is 0 Å². The van der Waals surface area contributed by atoms with E-state index in [0.717, 1.165) is 37.8 Å². The SMILES string of the molecule is CCNC(=NCCCNC(=O)c1cccc(O)c1)N1CCSC(C)(C)C1.I. The number of benzene rings is 1. The zero-order valence-corrected chi connectivity index (χ0v) is 19.5. The minimum absolute atomic E-state index is 0. The minimum Gasteiger partial charge on any atom is -0.508 e. The van der Waals surface area contributed by atoms with E-state index in [4.69, 9.17) is 4.99 Å². The Bertz CT molecular complexity index is 640. The van der Waals surface area contributed by atoms with Crippen molar-refractivity contribution in [1.29, 1.82) is 0 Å². The van der Waals surface area contributed by atoms with Crippen LogP contribution in [-0.4, -0.2) is 65.1 Å². The van der Waals surface area contributed by atoms with Crippen LogP contribution in [0.15, 0.2) is 29.3 Å². The van der Waals surface area contributed by atoms with E-state index in [1.165, 1.54) is 6.07 Å². The Balaban J connectivity index is 0.00000364. The molecule has 27 heavy (non-hydrogen) atoms. The number of rotatable bonds is 6. The number of hydrogen-bond donors (Lipinski definition) is 3. The Morgan fingerprint density at radius 1 is 1.37 bits per heavy atom. The van der Waals surface area contributed by atoms with Crippen LogP contribution in [0, 0.1) is 0 Å². The number of thioether (sulfide) groups is 1. The van der Waals surface area contributed by atoms with Crippen molar-refractivity contribution in [2.24, 2.45) is 4.99 Å². The number of carbonyl (C=O) groups excluding carboxylic acids is 1. The van der Waals surface area contributed by atoms with Gasteiger partial charge in [-0.25, -0.2) is 0 Å². The average molecular weight is 506 g/mol. The highest BCUT2D eigenvalue weighted by Crippen LogP contribution is 2.29. The first kappa shape index (κ1) is 23.9. The molecule has 0 saturated carbocycles. The summed E-state index contributed by atoms with van der Waals surface area (Å²) in [4.78, 5) is 19.1. The Kier molecular flexibility index (Phi) is 10.3. The lowest BCUT2D eigenvalue weighted by Gasteiger charge is -2.39. The molecule has 3 N–H and O–H groups in total. The van der Waals surface area contributed by atoms with Crippen molar-refractivity contribution < 1.29 is 9.90 Å². The number of phenols is 1. The van der Waals surface area contributed by atoms with Crippen LogP contribution in [0.4, 0.5) is 0 Å². The minimum atomic E-state index is -0.174. The van der Waals surface area contributed by atoms with Crippen molar-refractivity contribution >= 4 is 47.6 Å². The maximum Gasteiger partial charge on any atom is 0.251 e. The normalized spacial score (nSPS) is 16.4. The first-order chi connectivity index (χ1) is 12.4. The second-order valence-electron chi connectivity index (χ2n) is 6.93. The fourth-order valence-corrected chi connectivity index (χ4v) is 3.95. The molecule has 1 saturated heterocycles. The number of aliphatic imine (C=N–C) groups is 1. The van der Waals surface area contributed by atoms with E-state index in [1.54, 1.807) is 18.2 Å². The molecule has 6 nitrogen and oxygen atoms in total. The van der Waals surface area contributed by atoms with E-state index < -0.39 is 0 Å². The zero-order valence-electron chi connectivity index (χ0n) is 16.3. The largest absolute Gasteiger partial charge is 0.508 e. The lowest BCUT2D eigenvalue weighted by molar-refractivity contribution is 0.0953. The van der Waals surface area contributed by atoms with Crippen LogP contribution in [0.3, 0.4) is 0 Å². The second-order valence-corrected chi connectivity index (χ2v) is 8.73. The molecule has 152 valence electrons. The van der Waals surface area contributed by atoms with Gasteiger partial charge in [0, 0.05) is 48.8 Å². The Morgan fingerprint density at radius 3 is 2.81 bits per heavy atom. The van der Waals surface area contributed by atoms with Crippen LogP contribution in [-0.2, 0) is 0 Å². The molecule has 0 bridgehead atoms. The molecule has 1 aromatic rings. The lowest BCUT2D eigenvalue weighted by Crippen LogP contribution is -2.51. The topological polar surface area (TPSA) is 77.0 Å². The lowest BCUT2D eigenvalue weighted by atomic mass is 10.2. The molecule has 0 unspecified atom stereocenters. The van der Waals surface area contributed by atoms with Gasteiger partial charge >= 0.3 is 0 Å². The van der Waals surface area contributed by atoms with Crippen LogP contribution in [0.25, 0.3) is 0 Å². The van der Waals surface area contributed by atoms with E-state index in [1.807, 2.05) is 11.8 Å². The van der Waals surface area contributed by atoms with Gasteiger partial charge in [0.1, 0.15) is 5.75 Å². The van der Waals surface area contributed by atoms with E-state index >= 15 is 0 Å². The van der Waals surface area contributed by atoms with Crippen molar-refractivity contribution in [2.75, 3.05) is 38.5 Å². The van der Waals surface area contributed by atoms with E-state index in [9.17, 15) is 9.90 Å². The molecule has 1 fully saturated rings. The molecule has 1 aromatic carbocycles. The quantitative estimate of drug-likeness (QED) is 0.240. The Morgan fingerprint density at radius 2 is 2.15 bits per heavy atom. The highest BCUT2D eigenvalue weighted by atomic mass is 127. The van der Waals surface area contributed by atoms with Crippen molar-refractivity contribution in [3.05, 3.63) is 29.8 Å². The third kappa shape index (κ3) is 8.16. The van der Waals surface area contributed by atoms with Gasteiger partial charge in [-0.05, 0) is 45.4 Å². The summed E-state index contributed by atoms with van der Waals surface area (Å²) in [6, 6.07) is 6.36. The number of hydrogen-bond acceptors (Lipinski definition) is 4. The molecule has 1 aliphatic rings. The zero-order chi connectivity index (χ0) is 19.0. The van der Waals surface area contributed by atoms with Crippen molar-refractivity contribution in [1.82, 2.24) is 15.5 Å². The summed E-state index contributed by atoms with van der Waals surface area (Å²) in [6.07, 6.45) is 0.769. The number of aromatic hydroxyl groups is 1. The van der Waals surface area contributed by atoms with Gasteiger partial charge in [0.2, 0.25) is 0 Å². The average Bonchev–Trinajstić information content (AvgIpc) is 2.59. The fourth-order valence-electron chi connectivity index (χ4n) is 2.84. The summed E-state index contributed by atoms with van der Waals surface area (Å²) in [5.74, 6) is 1.99. The van der Waals surface area contributed by atoms with Gasteiger partial charge < -0.3 is 20.6 Å². The summed E-state index contributed by atoms with van der Waals surface area (Å²) in [6.45, 7) is 10.7. The summed E-state index contributed by atoms with van der Waals surface area (Å²) in [7, 11) is 0. The van der Waals surface area contributed by atoms with Crippen molar-refractivity contribution in [3.8, 4) is 5.75 Å². The fraction of sp³-hybridized carbons (Fsp3) is 0.579. The monoisotopic (exact) mass is 506 g/mol. The number of carbonyl (C=O) groups is 1. The number of halogens is 1. The third-order valence-corrected chi connectivity index (χ3v) is 5.35. The Labute approximate surface area is 183 Å². The smallest absolute Gasteiger partial charge is 0.251 e. The van der Waals surface area contributed by atoms with Gasteiger partial charge in [0.05, 0.1) is 0 Å². The standard InChI is InChI=1S/C19H30N4O2S.HI/c1-4-20-18(23-11-12-26-19(2,3)14-23)22-10-6-9-21-17(25)15-7-5-8-16(24)13-15;/h5,7-8,13,24H,4,6,9-12,14H2,1-3H3,(H,20,22)(H,21,25);1H. The number of nitrogens with zero attached hydrogens (tertiary/aromatic N) is 2. The van der Waals surface area contributed by atoms with Crippen LogP contribution in [0.2, 0.25) is 0 Å². The van der Waals surface area contributed by atoms with Gasteiger partial charge in [-0.15, -0.1) is 24.0 Å². The first-order valence-electron chi connectivity index (χ1n) is 9.16. The number of nitrogens with one attached hydrogen (secondary N) is 2. The molecule has 2 rings (SSSR count). The molecular formula is C19H31IN4O2S. The van der Waals surface area contributed by atoms with Gasteiger partial charge in [0.15, 0.2) is 5.96 Å². The summed E-state index contributed by atoms with van der Waals surface area (Å²) in [5.41, 5.74) is 0.467. The maximum absolute atomic E-state index is 12.0. The second kappa shape index (κ2) is 11.6. The van der Waals surface area contributed by atoms with Gasteiger partial charge in [0.25, 0.3) is 5.91 Å². The molecule has 1 aliphatic heterocycles. The third-order valence-electron chi connectivity index (χ3n) is 4.05. The number of amides is 1. The number of phenolic OH excluding ortho intramolecular Hbond substituents is 1. The molecular weight excluding hydrogens is 475 g/mol. The van der Waals surface area contributed by atoms with Gasteiger partial charge in [-0.3, -0.25) is 9.79 Å². The van der Waals surface area contributed by atoms with E-state index in [2.05, 4.69) is 36.3 Å². The summed E-state index contributed by atoms with van der Waals surface area (Å²) >= 11 is 2.00. The molecule has 1 heterocycles. The molecule has 8 heteroatoms. The molecule has 0 aromatic heterocycles. The number of guanidine groups is 1. The van der Waals surface area contributed by atoms with Crippen LogP contribution >= 0.6 is 35.7 Å². The predicted molar refractivity (Wildman–Crippen MR) is 125 cm³/mol.